The summed E-state index contributed by atoms with van der Waals surface area (Å²) in [6, 6.07) is 21.7. The van der Waals surface area contributed by atoms with Gasteiger partial charge in [0, 0.05) is 27.5 Å². The molecule has 0 N–H and O–H groups in total. The van der Waals surface area contributed by atoms with E-state index in [-0.39, 0.29) is 5.82 Å². The number of rotatable bonds is 5. The maximum Gasteiger partial charge on any atom is 0.416 e. The van der Waals surface area contributed by atoms with E-state index in [1.807, 2.05) is 48.6 Å². The molecule has 0 radical (unpaired) electrons. The summed E-state index contributed by atoms with van der Waals surface area (Å²) < 4.78 is 80.9. The Labute approximate surface area is 275 Å². The average Bonchev–Trinajstić information content (AvgIpc) is 3.71. The molecule has 5 aromatic rings. The molecule has 2 aliphatic carbocycles. The molecule has 4 nitrogen and oxygen atoms in total. The number of benzene rings is 5. The number of fused-ring (bicyclic) bond motifs is 10. The predicted molar refractivity (Wildman–Crippen MR) is 177 cm³/mol. The van der Waals surface area contributed by atoms with Crippen LogP contribution in [0.1, 0.15) is 59.1 Å². The van der Waals surface area contributed by atoms with Crippen molar-refractivity contribution in [3.05, 3.63) is 124 Å². The maximum absolute atomic E-state index is 14.3. The van der Waals surface area contributed by atoms with Gasteiger partial charge in [0.05, 0.1) is 26.9 Å². The molecule has 1 unspecified atom stereocenters. The van der Waals surface area contributed by atoms with E-state index >= 15 is 0 Å². The van der Waals surface area contributed by atoms with Crippen LogP contribution in [0.25, 0.3) is 28.0 Å². The summed E-state index contributed by atoms with van der Waals surface area (Å²) in [4.78, 5) is 0. The van der Waals surface area contributed by atoms with E-state index in [1.165, 1.54) is 24.3 Å². The molecule has 1 atom stereocenters. The molecule has 3 aliphatic rings. The Morgan fingerprint density at radius 3 is 1.96 bits per heavy atom. The number of hydrogen-bond donors (Lipinski definition) is 0. The molecule has 5 aromatic carbocycles. The standard InChI is InChI=1S/C40H32F4O4/c1-45-27-13-8-24(9-14-27)39(23-6-11-26(41)12-7-23)19-16-29-36-35(30-21-33(46-2)34(47-3)22-31(30)37(29)48-39)28-15-10-25(40(42,43)44)20-32(28)38(36)17-4-5-18-38/h6-16,19-22H,4-5,17-18H2,1-3H3. The Morgan fingerprint density at radius 2 is 1.35 bits per heavy atom. The van der Waals surface area contributed by atoms with Gasteiger partial charge in [0.2, 0.25) is 0 Å². The lowest BCUT2D eigenvalue weighted by molar-refractivity contribution is -0.137. The fraction of sp³-hybridized carbons (Fsp3) is 0.250. The third-order valence-electron chi connectivity index (χ3n) is 10.4. The van der Waals surface area contributed by atoms with Crippen LogP contribution in [-0.2, 0) is 17.2 Å². The molecule has 244 valence electrons. The summed E-state index contributed by atoms with van der Waals surface area (Å²) in [5, 5.41) is 1.52. The molecular weight excluding hydrogens is 620 g/mol. The summed E-state index contributed by atoms with van der Waals surface area (Å²) >= 11 is 0. The van der Waals surface area contributed by atoms with E-state index in [9.17, 15) is 17.6 Å². The third kappa shape index (κ3) is 4.27. The number of methoxy groups -OCH3 is 3. The van der Waals surface area contributed by atoms with Crippen molar-refractivity contribution in [3.63, 3.8) is 0 Å². The molecule has 1 fully saturated rings. The van der Waals surface area contributed by atoms with Crippen LogP contribution < -0.4 is 18.9 Å². The van der Waals surface area contributed by atoms with Crippen molar-refractivity contribution in [1.82, 2.24) is 0 Å². The molecule has 48 heavy (non-hydrogen) atoms. The fourth-order valence-corrected chi connectivity index (χ4v) is 8.22. The molecule has 0 saturated heterocycles. The van der Waals surface area contributed by atoms with Gasteiger partial charge in [-0.25, -0.2) is 4.39 Å². The van der Waals surface area contributed by atoms with Crippen molar-refractivity contribution in [2.75, 3.05) is 21.3 Å². The molecule has 0 aromatic heterocycles. The van der Waals surface area contributed by atoms with Crippen molar-refractivity contribution in [2.45, 2.75) is 42.9 Å². The molecule has 8 heteroatoms. The molecule has 1 aliphatic heterocycles. The normalized spacial score (nSPS) is 18.7. The SMILES string of the molecule is COc1ccc(C2(c3ccc(F)cc3)C=Cc3c4c(c5cc(OC)c(OC)cc5c3O2)-c2ccc(C(F)(F)F)cc2C42CCCC2)cc1. The molecular formula is C40H32F4O4. The van der Waals surface area contributed by atoms with Crippen LogP contribution in [-0.4, -0.2) is 21.3 Å². The van der Waals surface area contributed by atoms with E-state index in [2.05, 4.69) is 0 Å². The molecule has 1 spiro atoms. The minimum Gasteiger partial charge on any atom is -0.497 e. The molecule has 8 rings (SSSR count). The Hall–Kier alpha value is -4.98. The highest BCUT2D eigenvalue weighted by Gasteiger charge is 2.50. The zero-order chi connectivity index (χ0) is 33.4. The van der Waals surface area contributed by atoms with Gasteiger partial charge in [0.1, 0.15) is 17.3 Å². The lowest BCUT2D eigenvalue weighted by Crippen LogP contribution is -2.35. The highest BCUT2D eigenvalue weighted by Crippen LogP contribution is 2.63. The van der Waals surface area contributed by atoms with Crippen LogP contribution in [0.3, 0.4) is 0 Å². The van der Waals surface area contributed by atoms with Crippen molar-refractivity contribution in [2.24, 2.45) is 0 Å². The number of ether oxygens (including phenoxy) is 4. The monoisotopic (exact) mass is 652 g/mol. The number of alkyl halides is 3. The van der Waals surface area contributed by atoms with Crippen LogP contribution in [0.5, 0.6) is 23.0 Å². The molecule has 1 heterocycles. The summed E-state index contributed by atoms with van der Waals surface area (Å²) in [7, 11) is 4.72. The van der Waals surface area contributed by atoms with Gasteiger partial charge in [-0.2, -0.15) is 13.2 Å². The van der Waals surface area contributed by atoms with E-state index < -0.39 is 22.8 Å². The van der Waals surface area contributed by atoms with Gasteiger partial charge in [-0.1, -0.05) is 49.2 Å². The minimum absolute atomic E-state index is 0.372. The van der Waals surface area contributed by atoms with Crippen molar-refractivity contribution in [3.8, 4) is 34.1 Å². The van der Waals surface area contributed by atoms with Crippen LogP contribution in [0.2, 0.25) is 0 Å². The highest BCUT2D eigenvalue weighted by molar-refractivity contribution is 6.09. The zero-order valence-corrected chi connectivity index (χ0v) is 26.6. The van der Waals surface area contributed by atoms with Crippen LogP contribution in [0.15, 0.2) is 84.9 Å². The average molecular weight is 653 g/mol. The summed E-state index contributed by atoms with van der Waals surface area (Å²) in [5.41, 5.74) is 3.23. The van der Waals surface area contributed by atoms with Crippen molar-refractivity contribution in [1.29, 1.82) is 0 Å². The number of hydrogen-bond acceptors (Lipinski definition) is 4. The predicted octanol–water partition coefficient (Wildman–Crippen LogP) is 10.2. The molecule has 0 bridgehead atoms. The van der Waals surface area contributed by atoms with Gasteiger partial charge in [0.25, 0.3) is 0 Å². The van der Waals surface area contributed by atoms with Crippen molar-refractivity contribution < 1.29 is 36.5 Å². The second kappa shape index (κ2) is 10.8. The zero-order valence-electron chi connectivity index (χ0n) is 26.6. The van der Waals surface area contributed by atoms with Gasteiger partial charge in [0.15, 0.2) is 17.1 Å². The van der Waals surface area contributed by atoms with E-state index in [4.69, 9.17) is 18.9 Å². The number of halogens is 4. The fourth-order valence-electron chi connectivity index (χ4n) is 8.22. The first-order valence-electron chi connectivity index (χ1n) is 15.9. The first-order valence-corrected chi connectivity index (χ1v) is 15.9. The second-order valence-corrected chi connectivity index (χ2v) is 12.7. The van der Waals surface area contributed by atoms with Crippen LogP contribution >= 0.6 is 0 Å². The van der Waals surface area contributed by atoms with Crippen molar-refractivity contribution >= 4 is 16.8 Å². The second-order valence-electron chi connectivity index (χ2n) is 12.7. The Balaban J connectivity index is 1.47. The summed E-state index contributed by atoms with van der Waals surface area (Å²) in [5.74, 6) is 1.86. The minimum atomic E-state index is -4.47. The van der Waals surface area contributed by atoms with Gasteiger partial charge in [-0.3, -0.25) is 0 Å². The largest absolute Gasteiger partial charge is 0.497 e. The first-order chi connectivity index (χ1) is 23.1. The van der Waals surface area contributed by atoms with Gasteiger partial charge in [-0.15, -0.1) is 0 Å². The Bertz CT molecular complexity index is 2110. The molecule has 0 amide bonds. The van der Waals surface area contributed by atoms with Crippen LogP contribution in [0, 0.1) is 5.82 Å². The molecule has 1 saturated carbocycles. The van der Waals surface area contributed by atoms with E-state index in [0.717, 1.165) is 64.3 Å². The smallest absolute Gasteiger partial charge is 0.416 e. The Kier molecular flexibility index (Phi) is 6.81. The first kappa shape index (κ1) is 30.4. The lowest BCUT2D eigenvalue weighted by Gasteiger charge is -2.39. The lowest BCUT2D eigenvalue weighted by atomic mass is 9.73. The van der Waals surface area contributed by atoms with Gasteiger partial charge >= 0.3 is 6.18 Å². The topological polar surface area (TPSA) is 36.9 Å². The van der Waals surface area contributed by atoms with E-state index in [1.54, 1.807) is 39.5 Å². The summed E-state index contributed by atoms with van der Waals surface area (Å²) in [6.07, 6.45) is 2.76. The third-order valence-corrected chi connectivity index (χ3v) is 10.4. The van der Waals surface area contributed by atoms with Crippen LogP contribution in [0.4, 0.5) is 17.6 Å². The van der Waals surface area contributed by atoms with Gasteiger partial charge < -0.3 is 18.9 Å². The van der Waals surface area contributed by atoms with Gasteiger partial charge in [-0.05, 0) is 95.1 Å². The quantitative estimate of drug-likeness (QED) is 0.177. The summed E-state index contributed by atoms with van der Waals surface area (Å²) in [6.45, 7) is 0. The highest BCUT2D eigenvalue weighted by atomic mass is 19.4. The Morgan fingerprint density at radius 1 is 0.729 bits per heavy atom. The maximum atomic E-state index is 14.3. The van der Waals surface area contributed by atoms with E-state index in [0.29, 0.717) is 34.1 Å².